The first kappa shape index (κ1) is 11.1. The molecule has 2 heteroatoms. The summed E-state index contributed by atoms with van der Waals surface area (Å²) < 4.78 is 5.54. The van der Waals surface area contributed by atoms with Gasteiger partial charge in [0.15, 0.2) is 0 Å². The summed E-state index contributed by atoms with van der Waals surface area (Å²) in [5, 5.41) is 0. The van der Waals surface area contributed by atoms with Gasteiger partial charge in [-0.3, -0.25) is 4.79 Å². The fraction of sp³-hybridized carbons (Fsp3) is 0.923. The number of methoxy groups -OCH3 is 1. The average Bonchev–Trinajstić information content (AvgIpc) is 2.51. The zero-order valence-electron chi connectivity index (χ0n) is 10.1. The first-order valence-corrected chi connectivity index (χ1v) is 6.16. The molecule has 0 aromatic carbocycles. The molecule has 2 saturated carbocycles. The third kappa shape index (κ3) is 1.54. The minimum absolute atomic E-state index is 0.163. The molecule has 0 aromatic rings. The second-order valence-electron chi connectivity index (χ2n) is 5.48. The first-order chi connectivity index (χ1) is 7.10. The Labute approximate surface area is 92.4 Å². The molecule has 4 atom stereocenters. The molecule has 0 N–H and O–H groups in total. The maximum Gasteiger partial charge on any atom is 0.141 e. The molecule has 0 aliphatic heterocycles. The van der Waals surface area contributed by atoms with Crippen LogP contribution >= 0.6 is 0 Å². The van der Waals surface area contributed by atoms with E-state index < -0.39 is 0 Å². The Kier molecular flexibility index (Phi) is 2.89. The van der Waals surface area contributed by atoms with E-state index in [2.05, 4.69) is 13.8 Å². The number of Topliss-reactive ketones (excluding diaryl/α,β-unsaturated/α-hetero) is 1. The Hall–Kier alpha value is -0.370. The van der Waals surface area contributed by atoms with E-state index in [0.29, 0.717) is 17.6 Å². The van der Waals surface area contributed by atoms with Gasteiger partial charge in [-0.2, -0.15) is 0 Å². The minimum Gasteiger partial charge on any atom is -0.380 e. The molecule has 15 heavy (non-hydrogen) atoms. The van der Waals surface area contributed by atoms with Crippen LogP contribution in [-0.4, -0.2) is 19.0 Å². The second-order valence-corrected chi connectivity index (χ2v) is 5.48. The Morgan fingerprint density at radius 3 is 2.73 bits per heavy atom. The molecule has 0 unspecified atom stereocenters. The third-order valence-corrected chi connectivity index (χ3v) is 4.81. The molecule has 2 aliphatic rings. The molecular formula is C13H22O2. The second kappa shape index (κ2) is 3.89. The maximum atomic E-state index is 12.3. The number of hydrogen-bond donors (Lipinski definition) is 0. The highest BCUT2D eigenvalue weighted by Gasteiger charge is 2.54. The lowest BCUT2D eigenvalue weighted by molar-refractivity contribution is -0.137. The fourth-order valence-corrected chi connectivity index (χ4v) is 3.85. The van der Waals surface area contributed by atoms with Crippen LogP contribution in [0.4, 0.5) is 0 Å². The molecule has 2 nitrogen and oxygen atoms in total. The quantitative estimate of drug-likeness (QED) is 0.665. The summed E-state index contributed by atoms with van der Waals surface area (Å²) in [5.74, 6) is 1.68. The van der Waals surface area contributed by atoms with Crippen LogP contribution in [0.15, 0.2) is 0 Å². The van der Waals surface area contributed by atoms with E-state index in [1.807, 2.05) is 0 Å². The van der Waals surface area contributed by atoms with Crippen LogP contribution in [0.1, 0.15) is 46.0 Å². The van der Waals surface area contributed by atoms with Crippen molar-refractivity contribution in [1.82, 2.24) is 0 Å². The van der Waals surface area contributed by atoms with Crippen molar-refractivity contribution in [2.45, 2.75) is 52.1 Å². The largest absolute Gasteiger partial charge is 0.380 e. The van der Waals surface area contributed by atoms with Crippen LogP contribution < -0.4 is 0 Å². The molecule has 0 amide bonds. The molecular weight excluding hydrogens is 188 g/mol. The van der Waals surface area contributed by atoms with Gasteiger partial charge in [0.25, 0.3) is 0 Å². The molecule has 0 heterocycles. The van der Waals surface area contributed by atoms with Gasteiger partial charge in [0.1, 0.15) is 5.78 Å². The van der Waals surface area contributed by atoms with E-state index in [9.17, 15) is 4.79 Å². The molecule has 0 spiro atoms. The van der Waals surface area contributed by atoms with E-state index in [0.717, 1.165) is 19.3 Å². The van der Waals surface area contributed by atoms with Gasteiger partial charge in [-0.1, -0.05) is 6.92 Å². The summed E-state index contributed by atoms with van der Waals surface area (Å²) in [6.07, 6.45) is 5.44. The predicted molar refractivity (Wildman–Crippen MR) is 59.7 cm³/mol. The summed E-state index contributed by atoms with van der Waals surface area (Å²) in [7, 11) is 1.75. The van der Waals surface area contributed by atoms with Crippen molar-refractivity contribution >= 4 is 5.78 Å². The van der Waals surface area contributed by atoms with E-state index in [1.54, 1.807) is 7.11 Å². The van der Waals surface area contributed by atoms with Gasteiger partial charge in [-0.05, 0) is 44.4 Å². The van der Waals surface area contributed by atoms with Gasteiger partial charge in [-0.15, -0.1) is 0 Å². The zero-order valence-corrected chi connectivity index (χ0v) is 10.1. The summed E-state index contributed by atoms with van der Waals surface area (Å²) in [6.45, 7) is 4.45. The Balaban J connectivity index is 2.33. The van der Waals surface area contributed by atoms with Crippen molar-refractivity contribution in [2.24, 2.45) is 17.3 Å². The molecule has 0 aromatic heterocycles. The van der Waals surface area contributed by atoms with Gasteiger partial charge >= 0.3 is 0 Å². The van der Waals surface area contributed by atoms with E-state index in [4.69, 9.17) is 4.74 Å². The first-order valence-electron chi connectivity index (χ1n) is 6.16. The molecule has 86 valence electrons. The summed E-state index contributed by atoms with van der Waals surface area (Å²) >= 11 is 0. The summed E-state index contributed by atoms with van der Waals surface area (Å²) in [4.78, 5) is 12.3. The number of ketones is 1. The minimum atomic E-state index is -0.190. The standard InChI is InChI=1S/C13H22O2/c1-9-5-4-6-11(14)13(2)10(9)7-8-12(13)15-3/h9-10,12H,4-8H2,1-3H3/t9-,10-,12+,13+/m0/s1. The smallest absolute Gasteiger partial charge is 0.141 e. The van der Waals surface area contributed by atoms with E-state index >= 15 is 0 Å². The molecule has 2 rings (SSSR count). The lowest BCUT2D eigenvalue weighted by atomic mass is 9.70. The Bertz CT molecular complexity index is 261. The van der Waals surface area contributed by atoms with Gasteiger partial charge in [0, 0.05) is 13.5 Å². The summed E-state index contributed by atoms with van der Waals surface area (Å²) in [5.41, 5.74) is -0.190. The highest BCUT2D eigenvalue weighted by Crippen LogP contribution is 2.52. The van der Waals surface area contributed by atoms with Crippen LogP contribution in [0.3, 0.4) is 0 Å². The molecule has 0 saturated heterocycles. The van der Waals surface area contributed by atoms with Gasteiger partial charge in [-0.25, -0.2) is 0 Å². The Morgan fingerprint density at radius 2 is 2.07 bits per heavy atom. The monoisotopic (exact) mass is 210 g/mol. The van der Waals surface area contributed by atoms with E-state index in [1.165, 1.54) is 12.8 Å². The normalized spacial score (nSPS) is 46.3. The van der Waals surface area contributed by atoms with Crippen LogP contribution in [0.2, 0.25) is 0 Å². The van der Waals surface area contributed by atoms with Gasteiger partial charge in [0.05, 0.1) is 11.5 Å². The van der Waals surface area contributed by atoms with Crippen molar-refractivity contribution in [3.63, 3.8) is 0 Å². The predicted octanol–water partition coefficient (Wildman–Crippen LogP) is 2.81. The van der Waals surface area contributed by atoms with Crippen LogP contribution in [-0.2, 0) is 9.53 Å². The number of carbonyl (C=O) groups excluding carboxylic acids is 1. The van der Waals surface area contributed by atoms with Crippen molar-refractivity contribution < 1.29 is 9.53 Å². The highest BCUT2D eigenvalue weighted by molar-refractivity contribution is 5.86. The van der Waals surface area contributed by atoms with Crippen molar-refractivity contribution in [3.05, 3.63) is 0 Å². The number of fused-ring (bicyclic) bond motifs is 1. The topological polar surface area (TPSA) is 26.3 Å². The number of ether oxygens (including phenoxy) is 1. The molecule has 2 fully saturated rings. The number of hydrogen-bond acceptors (Lipinski definition) is 2. The lowest BCUT2D eigenvalue weighted by Crippen LogP contribution is -2.42. The Morgan fingerprint density at radius 1 is 1.33 bits per heavy atom. The maximum absolute atomic E-state index is 12.3. The van der Waals surface area contributed by atoms with Crippen molar-refractivity contribution in [3.8, 4) is 0 Å². The number of carbonyl (C=O) groups is 1. The summed E-state index contributed by atoms with van der Waals surface area (Å²) in [6, 6.07) is 0. The van der Waals surface area contributed by atoms with Crippen LogP contribution in [0.25, 0.3) is 0 Å². The number of rotatable bonds is 1. The molecule has 2 aliphatic carbocycles. The van der Waals surface area contributed by atoms with Crippen molar-refractivity contribution in [2.75, 3.05) is 7.11 Å². The highest BCUT2D eigenvalue weighted by atomic mass is 16.5. The zero-order chi connectivity index (χ0) is 11.1. The fourth-order valence-electron chi connectivity index (χ4n) is 3.85. The van der Waals surface area contributed by atoms with Crippen LogP contribution in [0.5, 0.6) is 0 Å². The molecule has 0 bridgehead atoms. The molecule has 0 radical (unpaired) electrons. The lowest BCUT2D eigenvalue weighted by Gasteiger charge is -2.35. The van der Waals surface area contributed by atoms with Gasteiger partial charge < -0.3 is 4.74 Å². The average molecular weight is 210 g/mol. The third-order valence-electron chi connectivity index (χ3n) is 4.81. The van der Waals surface area contributed by atoms with Crippen LogP contribution in [0, 0.1) is 17.3 Å². The SMILES string of the molecule is CO[C@@H]1CC[C@H]2[C@@H](C)CCCC(=O)[C@]12C. The van der Waals surface area contributed by atoms with E-state index in [-0.39, 0.29) is 11.5 Å². The van der Waals surface area contributed by atoms with Crippen molar-refractivity contribution in [1.29, 1.82) is 0 Å². The van der Waals surface area contributed by atoms with Gasteiger partial charge in [0.2, 0.25) is 0 Å².